The lowest BCUT2D eigenvalue weighted by Crippen LogP contribution is -2.13. The van der Waals surface area contributed by atoms with Gasteiger partial charge in [0.15, 0.2) is 23.1 Å². The quantitative estimate of drug-likeness (QED) is 0.155. The Bertz CT molecular complexity index is 4610. The minimum atomic E-state index is 0.376. The Balaban J connectivity index is 1.20. The van der Waals surface area contributed by atoms with Gasteiger partial charge >= 0.3 is 0 Å². The predicted octanol–water partition coefficient (Wildman–Crippen LogP) is 15.6. The van der Waals surface area contributed by atoms with E-state index >= 15 is 0 Å². The second kappa shape index (κ2) is 15.4. The van der Waals surface area contributed by atoms with E-state index in [0.717, 1.165) is 99.0 Å². The molecule has 8 nitrogen and oxygen atoms in total. The van der Waals surface area contributed by atoms with Crippen LogP contribution in [-0.2, 0) is 0 Å². The van der Waals surface area contributed by atoms with Crippen LogP contribution in [0.2, 0.25) is 0 Å². The molecule has 0 spiro atoms. The second-order valence-corrected chi connectivity index (χ2v) is 18.0. The molecule has 72 heavy (non-hydrogen) atoms. The first-order valence-electron chi connectivity index (χ1n) is 23.8. The van der Waals surface area contributed by atoms with Gasteiger partial charge in [-0.05, 0) is 42.5 Å². The zero-order valence-electron chi connectivity index (χ0n) is 38.2. The summed E-state index contributed by atoms with van der Waals surface area (Å²) in [6.45, 7) is 0. The topological polar surface area (TPSA) is 90.4 Å². The number of nitriles is 1. The minimum absolute atomic E-state index is 0.376. The number of furan rings is 1. The molecular weight excluding hydrogens is 883 g/mol. The monoisotopic (exact) mass is 917 g/mol. The third-order valence-corrected chi connectivity index (χ3v) is 14.2. The van der Waals surface area contributed by atoms with Gasteiger partial charge in [0, 0.05) is 55.1 Å². The van der Waals surface area contributed by atoms with Crippen molar-refractivity contribution in [1.29, 1.82) is 5.26 Å². The molecule has 1 aliphatic carbocycles. The maximum absolute atomic E-state index is 12.1. The van der Waals surface area contributed by atoms with Gasteiger partial charge in [0.05, 0.1) is 61.3 Å². The highest BCUT2D eigenvalue weighted by atomic mass is 16.3. The summed E-state index contributed by atoms with van der Waals surface area (Å²) in [5.41, 5.74) is 19.5. The van der Waals surface area contributed by atoms with E-state index in [-0.39, 0.29) is 0 Å². The van der Waals surface area contributed by atoms with E-state index in [0.29, 0.717) is 45.5 Å². The number of aromatic nitrogens is 6. The van der Waals surface area contributed by atoms with E-state index in [9.17, 15) is 5.26 Å². The Kier molecular flexibility index (Phi) is 8.47. The summed E-state index contributed by atoms with van der Waals surface area (Å²) < 4.78 is 14.4. The molecule has 14 aromatic rings. The van der Waals surface area contributed by atoms with Crippen molar-refractivity contribution in [3.63, 3.8) is 0 Å². The van der Waals surface area contributed by atoms with Crippen molar-refractivity contribution in [3.8, 4) is 57.3 Å². The molecule has 0 saturated carbocycles. The molecule has 0 fully saturated rings. The number of hydrogen-bond acceptors (Lipinski definition) is 5. The summed E-state index contributed by atoms with van der Waals surface area (Å²) in [5, 5.41) is 19.1. The smallest absolute Gasteiger partial charge is 0.167 e. The maximum Gasteiger partial charge on any atom is 0.167 e. The molecule has 5 aromatic heterocycles. The SMILES string of the molecule is N#Cc1c(-n2c3ccccc3c3ccccc32)c(-n2c3c(c4ccccc42)C=C=C=C3)c(-n2c3ccccc3c3ccccc32)c2c1oc1c(-c3nc(-c4ccccc4)nc(-c4ccccc4)n3)cccc12. The summed E-state index contributed by atoms with van der Waals surface area (Å²) in [6, 6.07) is 71.4. The van der Waals surface area contributed by atoms with Gasteiger partial charge in [-0.15, -0.1) is 0 Å². The normalized spacial score (nSPS) is 12.1. The molecule has 15 rings (SSSR count). The third-order valence-electron chi connectivity index (χ3n) is 14.2. The summed E-state index contributed by atoms with van der Waals surface area (Å²) in [7, 11) is 0. The standard InChI is InChI=1S/C64H35N7O/c65-38-49-57(69-50-32-13-7-24-41(50)42-25-8-14-33-51(42)69)59(71-54-36-17-11-28-45(54)46-29-12-18-37-55(46)71)58(70-52-34-15-9-26-43(52)44-27-10-16-35-53(44)70)56-47-30-19-31-48(60(47)72-61(49)56)64-67-62(39-20-3-1-4-21-39)66-63(68-64)40-22-5-2-6-23-40/h1-11,13-17,19-37H. The van der Waals surface area contributed by atoms with Gasteiger partial charge in [-0.1, -0.05) is 175 Å². The zero-order chi connectivity index (χ0) is 47.4. The average Bonchev–Trinajstić information content (AvgIpc) is 4.20. The summed E-state index contributed by atoms with van der Waals surface area (Å²) in [5.74, 6) is 1.52. The first-order chi connectivity index (χ1) is 35.7. The first-order valence-corrected chi connectivity index (χ1v) is 23.8. The van der Waals surface area contributed by atoms with Gasteiger partial charge in [-0.2, -0.15) is 5.26 Å². The third kappa shape index (κ3) is 5.60. The molecule has 8 heteroatoms. The molecule has 0 atom stereocenters. The molecule has 9 aromatic carbocycles. The van der Waals surface area contributed by atoms with Crippen LogP contribution in [0.1, 0.15) is 16.8 Å². The number of para-hydroxylation sites is 6. The molecule has 332 valence electrons. The van der Waals surface area contributed by atoms with Gasteiger partial charge < -0.3 is 18.1 Å². The predicted molar refractivity (Wildman–Crippen MR) is 290 cm³/mol. The lowest BCUT2D eigenvalue weighted by molar-refractivity contribution is 0.667. The van der Waals surface area contributed by atoms with E-state index in [2.05, 4.69) is 159 Å². The van der Waals surface area contributed by atoms with Crippen LogP contribution in [0, 0.1) is 11.3 Å². The molecule has 0 radical (unpaired) electrons. The molecule has 0 unspecified atom stereocenters. The van der Waals surface area contributed by atoms with E-state index < -0.39 is 0 Å². The van der Waals surface area contributed by atoms with Crippen LogP contribution >= 0.6 is 0 Å². The fourth-order valence-corrected chi connectivity index (χ4v) is 11.2. The van der Waals surface area contributed by atoms with Gasteiger partial charge in [-0.3, -0.25) is 0 Å². The Hall–Kier alpha value is -10.3. The molecule has 0 saturated heterocycles. The van der Waals surface area contributed by atoms with E-state index in [1.54, 1.807) is 0 Å². The zero-order valence-corrected chi connectivity index (χ0v) is 38.2. The number of hydrogen-bond donors (Lipinski definition) is 0. The lowest BCUT2D eigenvalue weighted by atomic mass is 10.00. The van der Waals surface area contributed by atoms with Crippen LogP contribution < -0.4 is 0 Å². The largest absolute Gasteiger partial charge is 0.454 e. The molecule has 0 bridgehead atoms. The number of nitrogens with zero attached hydrogens (tertiary/aromatic N) is 7. The van der Waals surface area contributed by atoms with Crippen LogP contribution in [0.4, 0.5) is 0 Å². The highest BCUT2D eigenvalue weighted by Crippen LogP contribution is 2.50. The molecule has 0 amide bonds. The number of fused-ring (bicyclic) bond motifs is 12. The van der Waals surface area contributed by atoms with Crippen LogP contribution in [0.15, 0.2) is 216 Å². The van der Waals surface area contributed by atoms with Gasteiger partial charge in [0.25, 0.3) is 0 Å². The van der Waals surface area contributed by atoms with Crippen molar-refractivity contribution >= 4 is 88.6 Å². The van der Waals surface area contributed by atoms with Crippen molar-refractivity contribution in [2.45, 2.75) is 0 Å². The molecule has 1 aliphatic rings. The van der Waals surface area contributed by atoms with Crippen molar-refractivity contribution < 1.29 is 4.42 Å². The van der Waals surface area contributed by atoms with Crippen molar-refractivity contribution in [2.24, 2.45) is 0 Å². The molecule has 0 aliphatic heterocycles. The van der Waals surface area contributed by atoms with Gasteiger partial charge in [-0.25, -0.2) is 15.0 Å². The van der Waals surface area contributed by atoms with E-state index in [4.69, 9.17) is 19.4 Å². The van der Waals surface area contributed by atoms with Gasteiger partial charge in [0.2, 0.25) is 0 Å². The summed E-state index contributed by atoms with van der Waals surface area (Å²) >= 11 is 0. The fourth-order valence-electron chi connectivity index (χ4n) is 11.2. The Morgan fingerprint density at radius 3 is 1.38 bits per heavy atom. The summed E-state index contributed by atoms with van der Waals surface area (Å²) in [4.78, 5) is 15.4. The number of benzene rings is 9. The Morgan fingerprint density at radius 1 is 0.389 bits per heavy atom. The highest BCUT2D eigenvalue weighted by Gasteiger charge is 2.34. The Labute approximate surface area is 410 Å². The number of rotatable bonds is 6. The van der Waals surface area contributed by atoms with E-state index in [1.165, 1.54) is 0 Å². The van der Waals surface area contributed by atoms with Crippen LogP contribution in [-0.4, -0.2) is 28.7 Å². The molecule has 0 N–H and O–H groups in total. The van der Waals surface area contributed by atoms with Crippen LogP contribution in [0.25, 0.3) is 140 Å². The fraction of sp³-hybridized carbons (Fsp3) is 0. The van der Waals surface area contributed by atoms with E-state index in [1.807, 2.05) is 84.9 Å². The van der Waals surface area contributed by atoms with Crippen molar-refractivity contribution in [3.05, 3.63) is 228 Å². The van der Waals surface area contributed by atoms with Crippen molar-refractivity contribution in [2.75, 3.05) is 0 Å². The van der Waals surface area contributed by atoms with Crippen LogP contribution in [0.5, 0.6) is 0 Å². The second-order valence-electron chi connectivity index (χ2n) is 18.0. The Morgan fingerprint density at radius 2 is 0.833 bits per heavy atom. The molecule has 5 heterocycles. The first kappa shape index (κ1) is 39.7. The minimum Gasteiger partial charge on any atom is -0.454 e. The van der Waals surface area contributed by atoms with Crippen LogP contribution in [0.3, 0.4) is 0 Å². The summed E-state index contributed by atoms with van der Waals surface area (Å²) in [6.07, 6.45) is 4.03. The lowest BCUT2D eigenvalue weighted by Gasteiger charge is -2.24. The molecular formula is C64H35N7O. The highest BCUT2D eigenvalue weighted by molar-refractivity contribution is 6.21. The van der Waals surface area contributed by atoms with Crippen molar-refractivity contribution in [1.82, 2.24) is 28.7 Å². The average molecular weight is 918 g/mol. The van der Waals surface area contributed by atoms with Gasteiger partial charge in [0.1, 0.15) is 17.2 Å². The maximum atomic E-state index is 12.1.